The van der Waals surface area contributed by atoms with E-state index in [2.05, 4.69) is 10.6 Å². The van der Waals surface area contributed by atoms with Crippen LogP contribution in [-0.4, -0.2) is 17.1 Å². The van der Waals surface area contributed by atoms with Crippen molar-refractivity contribution in [2.75, 3.05) is 5.32 Å². The van der Waals surface area contributed by atoms with Crippen LogP contribution in [0.3, 0.4) is 0 Å². The summed E-state index contributed by atoms with van der Waals surface area (Å²) in [6, 6.07) is 7.16. The van der Waals surface area contributed by atoms with Crippen LogP contribution >= 0.6 is 0 Å². The van der Waals surface area contributed by atoms with Gasteiger partial charge in [-0.25, -0.2) is 0 Å². The van der Waals surface area contributed by atoms with Gasteiger partial charge in [0.05, 0.1) is 5.69 Å². The summed E-state index contributed by atoms with van der Waals surface area (Å²) >= 11 is 0. The highest BCUT2D eigenvalue weighted by Gasteiger charge is 2.18. The smallest absolute Gasteiger partial charge is 0.263 e. The van der Waals surface area contributed by atoms with Gasteiger partial charge >= 0.3 is 0 Å². The summed E-state index contributed by atoms with van der Waals surface area (Å²) < 4.78 is 0. The number of hydrogen-bond acceptors (Lipinski definition) is 4. The SMILES string of the molecule is Cc1ccc(O)c(N/C=C(/C#N)C(=O)NC2CCCCC2)c1. The molecule has 0 heterocycles. The first-order chi connectivity index (χ1) is 10.6. The number of aromatic hydroxyl groups is 1. The standard InChI is InChI=1S/C17H21N3O2/c1-12-7-8-16(21)15(9-12)19-11-13(10-18)17(22)20-14-5-3-2-4-6-14/h7-9,11,14,19,21H,2-6H2,1H3,(H,20,22)/b13-11-. The largest absolute Gasteiger partial charge is 0.506 e. The molecule has 0 saturated heterocycles. The number of anilines is 1. The van der Waals surface area contributed by atoms with Crippen molar-refractivity contribution in [2.24, 2.45) is 0 Å². The molecule has 1 amide bonds. The van der Waals surface area contributed by atoms with Gasteiger partial charge in [-0.1, -0.05) is 25.3 Å². The van der Waals surface area contributed by atoms with Crippen molar-refractivity contribution in [3.8, 4) is 11.8 Å². The zero-order valence-electron chi connectivity index (χ0n) is 12.7. The molecule has 0 atom stereocenters. The van der Waals surface area contributed by atoms with Gasteiger partial charge in [0.1, 0.15) is 17.4 Å². The highest BCUT2D eigenvalue weighted by Crippen LogP contribution is 2.24. The normalized spacial score (nSPS) is 15.9. The van der Waals surface area contributed by atoms with Crippen LogP contribution in [0.2, 0.25) is 0 Å². The summed E-state index contributed by atoms with van der Waals surface area (Å²) in [6.45, 7) is 1.90. The fraction of sp³-hybridized carbons (Fsp3) is 0.412. The molecule has 0 unspecified atom stereocenters. The first kappa shape index (κ1) is 15.9. The van der Waals surface area contributed by atoms with Crippen LogP contribution in [0.25, 0.3) is 0 Å². The second-order valence-corrected chi connectivity index (χ2v) is 5.64. The first-order valence-electron chi connectivity index (χ1n) is 7.57. The van der Waals surface area contributed by atoms with E-state index < -0.39 is 0 Å². The minimum atomic E-state index is -0.367. The molecule has 2 rings (SSSR count). The van der Waals surface area contributed by atoms with Gasteiger partial charge in [-0.15, -0.1) is 0 Å². The summed E-state index contributed by atoms with van der Waals surface area (Å²) in [5.74, 6) is -0.291. The number of rotatable bonds is 4. The van der Waals surface area contributed by atoms with Crippen LogP contribution in [0.5, 0.6) is 5.75 Å². The monoisotopic (exact) mass is 299 g/mol. The maximum absolute atomic E-state index is 12.1. The molecule has 0 radical (unpaired) electrons. The Morgan fingerprint density at radius 2 is 2.09 bits per heavy atom. The minimum absolute atomic E-state index is 0.00600. The summed E-state index contributed by atoms with van der Waals surface area (Å²) in [4.78, 5) is 12.1. The van der Waals surface area contributed by atoms with Crippen molar-refractivity contribution >= 4 is 11.6 Å². The zero-order valence-corrected chi connectivity index (χ0v) is 12.7. The Morgan fingerprint density at radius 1 is 1.36 bits per heavy atom. The third-order valence-electron chi connectivity index (χ3n) is 3.83. The van der Waals surface area contributed by atoms with Crippen molar-refractivity contribution < 1.29 is 9.90 Å². The fourth-order valence-corrected chi connectivity index (χ4v) is 2.57. The lowest BCUT2D eigenvalue weighted by Gasteiger charge is -2.22. The van der Waals surface area contributed by atoms with Crippen LogP contribution in [0, 0.1) is 18.3 Å². The number of nitrogens with zero attached hydrogens (tertiary/aromatic N) is 1. The Bertz CT molecular complexity index is 611. The molecule has 1 aromatic carbocycles. The quantitative estimate of drug-likeness (QED) is 0.453. The Morgan fingerprint density at radius 3 is 2.77 bits per heavy atom. The number of aryl methyl sites for hydroxylation is 1. The van der Waals surface area contributed by atoms with Crippen LogP contribution in [0.4, 0.5) is 5.69 Å². The van der Waals surface area contributed by atoms with Gasteiger partial charge in [0.25, 0.3) is 5.91 Å². The number of phenols is 1. The van der Waals surface area contributed by atoms with Gasteiger partial charge < -0.3 is 15.7 Å². The molecule has 1 aliphatic rings. The van der Waals surface area contributed by atoms with Crippen molar-refractivity contribution in [2.45, 2.75) is 45.1 Å². The number of hydrogen-bond donors (Lipinski definition) is 3. The van der Waals surface area contributed by atoms with Crippen molar-refractivity contribution in [3.63, 3.8) is 0 Å². The zero-order chi connectivity index (χ0) is 15.9. The molecule has 5 heteroatoms. The van der Waals surface area contributed by atoms with Crippen LogP contribution in [0.1, 0.15) is 37.7 Å². The first-order valence-corrected chi connectivity index (χ1v) is 7.57. The summed E-state index contributed by atoms with van der Waals surface area (Å²) in [7, 11) is 0. The fourth-order valence-electron chi connectivity index (χ4n) is 2.57. The Balaban J connectivity index is 2.02. The van der Waals surface area contributed by atoms with E-state index >= 15 is 0 Å². The molecule has 1 aromatic rings. The van der Waals surface area contributed by atoms with Gasteiger partial charge in [-0.3, -0.25) is 4.79 Å². The number of benzene rings is 1. The molecule has 1 aliphatic carbocycles. The van der Waals surface area contributed by atoms with Crippen molar-refractivity contribution in [1.29, 1.82) is 5.26 Å². The predicted molar refractivity (Wildman–Crippen MR) is 85.2 cm³/mol. The Hall–Kier alpha value is -2.48. The van der Waals surface area contributed by atoms with Crippen molar-refractivity contribution in [1.82, 2.24) is 5.32 Å². The lowest BCUT2D eigenvalue weighted by molar-refractivity contribution is -0.118. The highest BCUT2D eigenvalue weighted by atomic mass is 16.3. The average molecular weight is 299 g/mol. The van der Waals surface area contributed by atoms with E-state index in [1.807, 2.05) is 13.0 Å². The molecule has 3 N–H and O–H groups in total. The van der Waals surface area contributed by atoms with Crippen molar-refractivity contribution in [3.05, 3.63) is 35.5 Å². The van der Waals surface area contributed by atoms with Crippen LogP contribution < -0.4 is 10.6 Å². The molecule has 1 saturated carbocycles. The third kappa shape index (κ3) is 4.26. The molecular weight excluding hydrogens is 278 g/mol. The van der Waals surface area contributed by atoms with Gasteiger partial charge in [-0.2, -0.15) is 5.26 Å². The van der Waals surface area contributed by atoms with E-state index in [0.717, 1.165) is 31.2 Å². The molecule has 0 aromatic heterocycles. The van der Waals surface area contributed by atoms with E-state index in [1.165, 1.54) is 12.6 Å². The van der Waals surface area contributed by atoms with Gasteiger partial charge in [-0.05, 0) is 37.5 Å². The lowest BCUT2D eigenvalue weighted by Crippen LogP contribution is -2.37. The number of amides is 1. The van der Waals surface area contributed by atoms with E-state index in [0.29, 0.717) is 5.69 Å². The van der Waals surface area contributed by atoms with Gasteiger partial charge in [0.2, 0.25) is 0 Å². The second-order valence-electron chi connectivity index (χ2n) is 5.64. The van der Waals surface area contributed by atoms with E-state index in [4.69, 9.17) is 5.26 Å². The number of carbonyl (C=O) groups is 1. The molecule has 22 heavy (non-hydrogen) atoms. The molecule has 0 aliphatic heterocycles. The molecule has 1 fully saturated rings. The number of carbonyl (C=O) groups excluding carboxylic acids is 1. The maximum atomic E-state index is 12.1. The van der Waals surface area contributed by atoms with Crippen LogP contribution in [0.15, 0.2) is 30.0 Å². The Labute approximate surface area is 130 Å². The van der Waals surface area contributed by atoms with Gasteiger partial charge in [0, 0.05) is 12.2 Å². The minimum Gasteiger partial charge on any atom is -0.506 e. The second kappa shape index (κ2) is 7.51. The van der Waals surface area contributed by atoms with E-state index in [-0.39, 0.29) is 23.3 Å². The number of phenolic OH excluding ortho intramolecular Hbond substituents is 1. The molecule has 0 bridgehead atoms. The maximum Gasteiger partial charge on any atom is 0.263 e. The molecule has 116 valence electrons. The summed E-state index contributed by atoms with van der Waals surface area (Å²) in [5, 5.41) is 24.6. The van der Waals surface area contributed by atoms with Gasteiger partial charge in [0.15, 0.2) is 0 Å². The average Bonchev–Trinajstić information content (AvgIpc) is 2.52. The summed E-state index contributed by atoms with van der Waals surface area (Å²) in [5.41, 5.74) is 1.45. The molecule has 5 nitrogen and oxygen atoms in total. The summed E-state index contributed by atoms with van der Waals surface area (Å²) in [6.07, 6.45) is 6.72. The van der Waals surface area contributed by atoms with E-state index in [1.54, 1.807) is 18.2 Å². The Kier molecular flexibility index (Phi) is 5.42. The number of nitrogens with one attached hydrogen (secondary N) is 2. The predicted octanol–water partition coefficient (Wildman–Crippen LogP) is 2.97. The molecular formula is C17H21N3O2. The third-order valence-corrected chi connectivity index (χ3v) is 3.83. The lowest BCUT2D eigenvalue weighted by atomic mass is 9.95. The van der Waals surface area contributed by atoms with Crippen LogP contribution in [-0.2, 0) is 4.79 Å². The highest BCUT2D eigenvalue weighted by molar-refractivity contribution is 5.97. The molecule has 0 spiro atoms. The van der Waals surface area contributed by atoms with E-state index in [9.17, 15) is 9.90 Å². The number of nitriles is 1. The topological polar surface area (TPSA) is 85.2 Å².